The molecular weight excluding hydrogens is 1850 g/mol. The summed E-state index contributed by atoms with van der Waals surface area (Å²) >= 11 is 0. The van der Waals surface area contributed by atoms with Crippen molar-refractivity contribution in [3.05, 3.63) is 148 Å². The number of aliphatic hydroxyl groups is 6. The zero-order chi connectivity index (χ0) is 104. The van der Waals surface area contributed by atoms with Gasteiger partial charge in [0.05, 0.1) is 111 Å². The number of esters is 3. The molecule has 0 unspecified atom stereocenters. The van der Waals surface area contributed by atoms with Gasteiger partial charge in [-0.15, -0.1) is 0 Å². The third kappa shape index (κ3) is 25.4. The number of rotatable bonds is 20. The van der Waals surface area contributed by atoms with E-state index in [4.69, 9.17) is 104 Å². The molecule has 6 N–H and O–H groups in total. The Balaban J connectivity index is 0.000000201. The normalized spacial score (nSPS) is 44.0. The Labute approximate surface area is 844 Å². The number of anilines is 1. The van der Waals surface area contributed by atoms with Gasteiger partial charge in [0.2, 0.25) is 0 Å². The summed E-state index contributed by atoms with van der Waals surface area (Å²) in [5.41, 5.74) is 2.84. The SMILES string of the molecule is CC[C@H](C)[C@H]1O[C@]2(C=C[C@@H]1C)C[C@@H]1C[C@@H](C/C=C(\C)[C@@H](O[C@H]3C[C@H](OC)[C@@H](O[C@H]4C[C@H](OC)[C@@H](O)[C@H](C)O4)[C@H](C)O3)[C@@H](C)/C=C/C=C3\CO[C@@H]4[C@H](O)C(C)=C[C@@H](C(=O)O1)[C@]34O)O2.COCC(=O)N(c1c(C)cccc1C)[C@H](C)C(=O)OC.CO[C@H]1C[C@H](O[C@H]2[C@H](C)O[C@@H](O[C@@H]3/C(C)=C/C[C@@H]4C[C@@H](C[C@]5(C=C[C@H](C)[C@@H](C(C)C)O5)O4)OC(=O)[C@@H]4C=C(C)[C@@H](O)[C@H]5OC/C(=C\C=C\[C@@H]3C)[C@]54O)C[C@@H]2OC)O[C@@H](C)[C@@H]1O. The van der Waals surface area contributed by atoms with Crippen molar-refractivity contribution in [1.29, 1.82) is 0 Å². The number of hydrogen-bond donors (Lipinski definition) is 6. The minimum absolute atomic E-state index is 0.0313. The van der Waals surface area contributed by atoms with Gasteiger partial charge in [0.15, 0.2) is 36.7 Å². The lowest BCUT2D eigenvalue weighted by molar-refractivity contribution is -0.318. The molecule has 12 heterocycles. The van der Waals surface area contributed by atoms with Gasteiger partial charge in [0.1, 0.15) is 96.7 Å². The van der Waals surface area contributed by atoms with Crippen LogP contribution < -0.4 is 4.90 Å². The maximum absolute atomic E-state index is 14.3. The number of para-hydroxylation sites is 1. The molecule has 33 heteroatoms. The van der Waals surface area contributed by atoms with Crippen LogP contribution in [0.3, 0.4) is 0 Å². The van der Waals surface area contributed by atoms with Crippen molar-refractivity contribution in [3.63, 3.8) is 0 Å². The van der Waals surface area contributed by atoms with E-state index < -0.39 is 194 Å². The summed E-state index contributed by atoms with van der Waals surface area (Å²) in [5, 5.41) is 68.4. The Bertz CT molecular complexity index is 4770. The van der Waals surface area contributed by atoms with Gasteiger partial charge in [-0.05, 0) is 158 Å². The Morgan fingerprint density at radius 3 is 1.29 bits per heavy atom. The molecule has 2 aliphatic carbocycles. The number of methoxy groups -OCH3 is 6. The topological polar surface area (TPSA) is 396 Å². The molecule has 2 spiro atoms. The number of benzene rings is 1. The van der Waals surface area contributed by atoms with E-state index in [0.717, 1.165) is 34.4 Å². The molecule has 0 saturated carbocycles. The summed E-state index contributed by atoms with van der Waals surface area (Å²) in [5.74, 6) is -5.92. The number of ether oxygens (including phenoxy) is 22. The lowest BCUT2D eigenvalue weighted by Gasteiger charge is -2.48. The largest absolute Gasteiger partial charge is 0.467 e. The number of amides is 1. The molecule has 33 nitrogen and oxygen atoms in total. The second kappa shape index (κ2) is 49.1. The van der Waals surface area contributed by atoms with Crippen molar-refractivity contribution < 1.29 is 154 Å². The second-order valence-corrected chi connectivity index (χ2v) is 42.4. The Hall–Kier alpha value is -6.50. The van der Waals surface area contributed by atoms with E-state index in [2.05, 4.69) is 79.7 Å². The Morgan fingerprint density at radius 2 is 0.888 bits per heavy atom. The fourth-order valence-electron chi connectivity index (χ4n) is 23.2. The first-order chi connectivity index (χ1) is 67.9. The van der Waals surface area contributed by atoms with Gasteiger partial charge >= 0.3 is 17.9 Å². The molecule has 1 amide bonds. The van der Waals surface area contributed by atoms with Crippen LogP contribution in [0.4, 0.5) is 5.69 Å². The van der Waals surface area contributed by atoms with E-state index >= 15 is 0 Å². The van der Waals surface area contributed by atoms with Gasteiger partial charge in [0.25, 0.3) is 5.91 Å². The van der Waals surface area contributed by atoms with Gasteiger partial charge in [-0.2, -0.15) is 0 Å². The number of aryl methyl sites for hydroxylation is 2. The summed E-state index contributed by atoms with van der Waals surface area (Å²) in [6, 6.07) is 5.01. The minimum Gasteiger partial charge on any atom is -0.467 e. The van der Waals surface area contributed by atoms with E-state index in [1.54, 1.807) is 87.4 Å². The van der Waals surface area contributed by atoms with Crippen molar-refractivity contribution in [2.24, 2.45) is 47.3 Å². The molecule has 8 saturated heterocycles. The minimum atomic E-state index is -1.84. The smallest absolute Gasteiger partial charge is 0.328 e. The molecule has 800 valence electrons. The van der Waals surface area contributed by atoms with Crippen molar-refractivity contribution in [1.82, 2.24) is 0 Å². The third-order valence-corrected chi connectivity index (χ3v) is 31.6. The molecular formula is C110H163NO32. The van der Waals surface area contributed by atoms with Gasteiger partial charge in [-0.25, -0.2) is 4.79 Å². The number of hydrogen-bond acceptors (Lipinski definition) is 32. The summed E-state index contributed by atoms with van der Waals surface area (Å²) < 4.78 is 137. The molecule has 0 radical (unpaired) electrons. The summed E-state index contributed by atoms with van der Waals surface area (Å²) in [4.78, 5) is 54.2. The van der Waals surface area contributed by atoms with Crippen LogP contribution in [0.2, 0.25) is 0 Å². The monoisotopic (exact) mass is 2010 g/mol. The molecule has 14 aliphatic rings. The van der Waals surface area contributed by atoms with Crippen LogP contribution >= 0.6 is 0 Å². The van der Waals surface area contributed by atoms with Crippen molar-refractivity contribution in [2.75, 3.05) is 67.4 Å². The van der Waals surface area contributed by atoms with E-state index in [1.807, 2.05) is 96.2 Å². The van der Waals surface area contributed by atoms with Crippen LogP contribution in [-0.2, 0) is 123 Å². The highest BCUT2D eigenvalue weighted by molar-refractivity contribution is 6.01. The van der Waals surface area contributed by atoms with Crippen LogP contribution in [0.15, 0.2) is 137 Å². The molecule has 143 heavy (non-hydrogen) atoms. The zero-order valence-electron chi connectivity index (χ0n) is 88.3. The number of allylic oxidation sites excluding steroid dienone is 4. The third-order valence-electron chi connectivity index (χ3n) is 31.6. The summed E-state index contributed by atoms with van der Waals surface area (Å²) in [6.45, 7) is 37.4. The van der Waals surface area contributed by atoms with Gasteiger partial charge in [-0.3, -0.25) is 19.3 Å². The van der Waals surface area contributed by atoms with Gasteiger partial charge < -0.3 is 135 Å². The fourth-order valence-corrected chi connectivity index (χ4v) is 23.2. The van der Waals surface area contributed by atoms with Crippen LogP contribution in [-0.4, -0.2) is 317 Å². The molecule has 12 aliphatic heterocycles. The molecule has 1 aromatic rings. The number of carbonyl (C=O) groups is 4. The van der Waals surface area contributed by atoms with E-state index in [-0.39, 0.29) is 97.9 Å². The highest BCUT2D eigenvalue weighted by atomic mass is 16.8. The van der Waals surface area contributed by atoms with Crippen LogP contribution in [0.5, 0.6) is 0 Å². The highest BCUT2D eigenvalue weighted by Gasteiger charge is 2.63. The first-order valence-corrected chi connectivity index (χ1v) is 51.6. The maximum atomic E-state index is 14.3. The van der Waals surface area contributed by atoms with E-state index in [9.17, 15) is 49.8 Å². The molecule has 4 bridgehead atoms. The Morgan fingerprint density at radius 1 is 0.490 bits per heavy atom. The molecule has 8 fully saturated rings. The first-order valence-electron chi connectivity index (χ1n) is 51.6. The maximum Gasteiger partial charge on any atom is 0.328 e. The van der Waals surface area contributed by atoms with E-state index in [1.165, 1.54) is 19.1 Å². The number of aliphatic hydroxyl groups excluding tert-OH is 4. The number of carbonyl (C=O) groups excluding carboxylic acids is 4. The summed E-state index contributed by atoms with van der Waals surface area (Å²) in [6.07, 6.45) is 16.1. The predicted octanol–water partition coefficient (Wildman–Crippen LogP) is 12.2. The predicted molar refractivity (Wildman–Crippen MR) is 527 cm³/mol. The average Bonchev–Trinajstić information content (AvgIpc) is 1.65. The van der Waals surface area contributed by atoms with Crippen molar-refractivity contribution in [2.45, 2.75) is 403 Å². The highest BCUT2D eigenvalue weighted by Crippen LogP contribution is 2.51. The average molecular weight is 2010 g/mol. The van der Waals surface area contributed by atoms with E-state index in [0.29, 0.717) is 86.5 Å². The standard InChI is InChI=1S/C48H72O14.C47H70O14.C15H21NO4/c1-11-25(2)43-28(5)17-18-47(62-43)23-34-20-33(61-47)16-15-27(4)42(26(3)13-12-14-32-24-55-45-40(49)29(6)19-35(46(51)58-34)48(32,45)52)59-39-22-37(54-10)44(31(8)57-39)60-38-21-36(53-9)41(50)30(7)56-38;1-24(2)41-27(5)16-17-46(61-41)22-33-19-32(60-46)15-14-26(4)42(25(3)12-11-13-31-23-54-44-39(48)28(6)18-34(45(50)57-33)47(31,44)51)58-38-21-36(53-10)43(30(8)56-38)59-37-20-35(52-9)40(49)29(7)55-37;1-10-7-6-8-11(2)14(10)16(13(17)9-19-4)12(3)15(18)20-5/h12-15,17-19,25-26,28,30-31,33-45,49-50,52H,11,16,20-24H2,1-10H3;11-14,16-18,24-25,27,29-30,32-44,48-49,51H,15,19-23H2,1-10H3;6-8,12H,9H2,1-5H3/b13-12+,27-15+,32-14+;12-11+,26-14+,31-13+;/t25-,26-,28-,30-,31-,33+,34-,35-,36-,37-,38-,39-,40+,41-,42-,43+,44-,45+,47+,48+;25-,27-,29-,30-,32+,33-,34-,35-,36-,37-,38-,39+,40-,41+,42-,43-,44+,46+,47+;12-/m001/s1. The van der Waals surface area contributed by atoms with Crippen molar-refractivity contribution >= 4 is 29.5 Å². The van der Waals surface area contributed by atoms with Gasteiger partial charge in [-0.1, -0.05) is 153 Å². The zero-order valence-corrected chi connectivity index (χ0v) is 88.3. The molecule has 40 atom stereocenters. The number of fused-ring (bicyclic) bond motifs is 4. The van der Waals surface area contributed by atoms with Crippen molar-refractivity contribution in [3.8, 4) is 0 Å². The van der Waals surface area contributed by atoms with Gasteiger partial charge in [0, 0.05) is 111 Å². The van der Waals surface area contributed by atoms with Crippen LogP contribution in [0, 0.1) is 61.2 Å². The molecule has 15 rings (SSSR count). The lowest BCUT2D eigenvalue weighted by Crippen LogP contribution is -2.58. The molecule has 0 aromatic heterocycles. The summed E-state index contributed by atoms with van der Waals surface area (Å²) in [7, 11) is 9.19. The first kappa shape index (κ1) is 114. The fraction of sp³-hybridized carbons (Fsp3) is 0.727. The lowest BCUT2D eigenvalue weighted by atomic mass is 9.71. The van der Waals surface area contributed by atoms with Crippen LogP contribution in [0.25, 0.3) is 0 Å². The van der Waals surface area contributed by atoms with Crippen LogP contribution in [0.1, 0.15) is 199 Å². The quantitative estimate of drug-likeness (QED) is 0.0401. The second-order valence-electron chi connectivity index (χ2n) is 42.4. The molecule has 1 aromatic carbocycles. The Kier molecular flexibility index (Phi) is 39.0. The number of nitrogens with zero attached hydrogens (tertiary/aromatic N) is 1.